The average Bonchev–Trinajstić information content (AvgIpc) is 2.47. The van der Waals surface area contributed by atoms with Gasteiger partial charge in [-0.1, -0.05) is 0 Å². The van der Waals surface area contributed by atoms with E-state index in [0.717, 1.165) is 19.3 Å². The van der Waals surface area contributed by atoms with E-state index in [4.69, 9.17) is 9.29 Å². The Balaban J connectivity index is 1.77. The van der Waals surface area contributed by atoms with E-state index in [1.807, 2.05) is 0 Å². The fourth-order valence-electron chi connectivity index (χ4n) is 5.28. The van der Waals surface area contributed by atoms with Crippen LogP contribution in [0.25, 0.3) is 0 Å². The number of benzene rings is 1. The first-order valence-corrected chi connectivity index (χ1v) is 9.56. The van der Waals surface area contributed by atoms with Gasteiger partial charge in [0.2, 0.25) is 11.6 Å². The molecule has 0 heterocycles. The second-order valence-electron chi connectivity index (χ2n) is 7.59. The van der Waals surface area contributed by atoms with Crippen molar-refractivity contribution in [2.75, 3.05) is 0 Å². The minimum Gasteiger partial charge on any atom is -0.481 e. The van der Waals surface area contributed by atoms with Crippen LogP contribution < -0.4 is 4.74 Å². The molecule has 0 radical (unpaired) electrons. The molecule has 1 aromatic carbocycles. The van der Waals surface area contributed by atoms with Gasteiger partial charge in [0.25, 0.3) is 0 Å². The first-order valence-electron chi connectivity index (χ1n) is 8.12. The van der Waals surface area contributed by atoms with E-state index in [0.29, 0.717) is 37.0 Å². The molecule has 4 nitrogen and oxygen atoms in total. The Hall–Kier alpha value is -1.35. The Morgan fingerprint density at radius 2 is 1.24 bits per heavy atom. The van der Waals surface area contributed by atoms with E-state index in [2.05, 4.69) is 0 Å². The van der Waals surface area contributed by atoms with E-state index in [9.17, 15) is 26.0 Å². The van der Waals surface area contributed by atoms with Crippen LogP contribution in [0.15, 0.2) is 4.90 Å². The third-order valence-electron chi connectivity index (χ3n) is 5.74. The zero-order valence-electron chi connectivity index (χ0n) is 13.1. The molecule has 0 atom stereocenters. The quantitative estimate of drug-likeness (QED) is 0.492. The molecule has 4 aliphatic rings. The summed E-state index contributed by atoms with van der Waals surface area (Å²) in [5, 5.41) is 0. The van der Waals surface area contributed by atoms with Gasteiger partial charge in [0, 0.05) is 0 Å². The van der Waals surface area contributed by atoms with Gasteiger partial charge in [-0.15, -0.1) is 0 Å². The molecule has 138 valence electrons. The minimum atomic E-state index is -5.46. The second kappa shape index (κ2) is 5.33. The molecule has 0 unspecified atom stereocenters. The molecule has 4 saturated carbocycles. The molecular formula is C16H16F4O4S. The summed E-state index contributed by atoms with van der Waals surface area (Å²) in [7, 11) is -5.46. The molecule has 4 aliphatic carbocycles. The lowest BCUT2D eigenvalue weighted by atomic mass is 9.54. The maximum absolute atomic E-state index is 14.2. The van der Waals surface area contributed by atoms with Crippen molar-refractivity contribution in [3.8, 4) is 5.75 Å². The highest BCUT2D eigenvalue weighted by molar-refractivity contribution is 7.85. The van der Waals surface area contributed by atoms with Crippen LogP contribution in [0.2, 0.25) is 0 Å². The summed E-state index contributed by atoms with van der Waals surface area (Å²) >= 11 is 0. The largest absolute Gasteiger partial charge is 0.481 e. The molecule has 0 aliphatic heterocycles. The lowest BCUT2D eigenvalue weighted by Crippen LogP contribution is -2.54. The van der Waals surface area contributed by atoms with Gasteiger partial charge in [-0.25, -0.2) is 8.78 Å². The Kier molecular flexibility index (Phi) is 3.64. The van der Waals surface area contributed by atoms with Gasteiger partial charge in [0.15, 0.2) is 22.3 Å². The number of rotatable bonds is 3. The topological polar surface area (TPSA) is 63.6 Å². The maximum Gasteiger partial charge on any atom is 0.300 e. The summed E-state index contributed by atoms with van der Waals surface area (Å²) in [6, 6.07) is 0. The van der Waals surface area contributed by atoms with Gasteiger partial charge >= 0.3 is 10.1 Å². The van der Waals surface area contributed by atoms with Crippen molar-refractivity contribution in [3.05, 3.63) is 23.3 Å². The summed E-state index contributed by atoms with van der Waals surface area (Å²) in [5.41, 5.74) is -0.880. The smallest absolute Gasteiger partial charge is 0.300 e. The highest BCUT2D eigenvalue weighted by atomic mass is 32.2. The zero-order chi connectivity index (χ0) is 18.1. The van der Waals surface area contributed by atoms with E-state index < -0.39 is 49.6 Å². The van der Waals surface area contributed by atoms with Gasteiger partial charge in [-0.2, -0.15) is 17.2 Å². The van der Waals surface area contributed by atoms with Crippen LogP contribution in [0.5, 0.6) is 5.75 Å². The summed E-state index contributed by atoms with van der Waals surface area (Å²) in [6.45, 7) is 0. The molecule has 25 heavy (non-hydrogen) atoms. The van der Waals surface area contributed by atoms with Crippen LogP contribution in [-0.2, 0) is 10.1 Å². The average molecular weight is 380 g/mol. The Labute approximate surface area is 141 Å². The summed E-state index contributed by atoms with van der Waals surface area (Å²) in [4.78, 5) is -2.04. The van der Waals surface area contributed by atoms with Crippen LogP contribution in [0.1, 0.15) is 38.5 Å². The van der Waals surface area contributed by atoms with Gasteiger partial charge in [0.1, 0.15) is 5.60 Å². The summed E-state index contributed by atoms with van der Waals surface area (Å²) < 4.78 is 92.7. The van der Waals surface area contributed by atoms with Crippen molar-refractivity contribution in [2.45, 2.75) is 49.0 Å². The van der Waals surface area contributed by atoms with Crippen molar-refractivity contribution in [1.29, 1.82) is 0 Å². The molecular weight excluding hydrogens is 364 g/mol. The van der Waals surface area contributed by atoms with E-state index in [-0.39, 0.29) is 0 Å². The lowest BCUT2D eigenvalue weighted by molar-refractivity contribution is -0.110. The van der Waals surface area contributed by atoms with Crippen LogP contribution in [0, 0.1) is 41.0 Å². The molecule has 9 heteroatoms. The number of halogens is 4. The zero-order valence-corrected chi connectivity index (χ0v) is 13.9. The van der Waals surface area contributed by atoms with Crippen molar-refractivity contribution >= 4 is 10.1 Å². The lowest BCUT2D eigenvalue weighted by Gasteiger charge is -2.56. The molecule has 4 fully saturated rings. The third-order valence-corrected chi connectivity index (χ3v) is 6.62. The number of hydrogen-bond acceptors (Lipinski definition) is 3. The van der Waals surface area contributed by atoms with Crippen molar-refractivity contribution < 1.29 is 35.3 Å². The SMILES string of the molecule is O=S(=O)(O)c1c(F)c(F)c(OC23CC4CC(CC(C4)C2)C3)c(F)c1F. The van der Waals surface area contributed by atoms with Crippen molar-refractivity contribution in [1.82, 2.24) is 0 Å². The fraction of sp³-hybridized carbons (Fsp3) is 0.625. The van der Waals surface area contributed by atoms with Crippen LogP contribution in [-0.4, -0.2) is 18.6 Å². The number of ether oxygens (including phenoxy) is 1. The first kappa shape index (κ1) is 17.1. The van der Waals surface area contributed by atoms with Crippen LogP contribution in [0.3, 0.4) is 0 Å². The first-order chi connectivity index (χ1) is 11.6. The molecule has 0 saturated heterocycles. The van der Waals surface area contributed by atoms with E-state index >= 15 is 0 Å². The molecule has 0 amide bonds. The van der Waals surface area contributed by atoms with Crippen LogP contribution in [0.4, 0.5) is 17.6 Å². The molecule has 0 spiro atoms. The minimum absolute atomic E-state index is 0.365. The second-order valence-corrected chi connectivity index (χ2v) is 8.95. The van der Waals surface area contributed by atoms with Crippen LogP contribution >= 0.6 is 0 Å². The predicted molar refractivity (Wildman–Crippen MR) is 77.6 cm³/mol. The molecule has 1 aromatic rings. The fourth-order valence-corrected chi connectivity index (χ4v) is 5.91. The van der Waals surface area contributed by atoms with E-state index in [1.165, 1.54) is 0 Å². The molecule has 0 aromatic heterocycles. The molecule has 1 N–H and O–H groups in total. The third kappa shape index (κ3) is 2.63. The Morgan fingerprint density at radius 1 is 0.840 bits per heavy atom. The Bertz CT molecular complexity index is 788. The number of hydrogen-bond donors (Lipinski definition) is 1. The standard InChI is InChI=1S/C16H16F4O4S/c17-10-12(19)15(25(21,22)23)13(20)11(18)14(10)24-16-4-7-1-8(5-16)3-9(2-7)6-16/h7-9H,1-6H2,(H,21,22,23). The maximum atomic E-state index is 14.2. The highest BCUT2D eigenvalue weighted by Crippen LogP contribution is 2.57. The summed E-state index contributed by atoms with van der Waals surface area (Å²) in [5.74, 6) is -8.39. The summed E-state index contributed by atoms with van der Waals surface area (Å²) in [6.07, 6.45) is 4.75. The molecule has 4 bridgehead atoms. The highest BCUT2D eigenvalue weighted by Gasteiger charge is 2.53. The van der Waals surface area contributed by atoms with E-state index in [1.54, 1.807) is 0 Å². The Morgan fingerprint density at radius 3 is 1.60 bits per heavy atom. The van der Waals surface area contributed by atoms with Crippen molar-refractivity contribution in [3.63, 3.8) is 0 Å². The predicted octanol–water partition coefficient (Wildman–Crippen LogP) is 3.84. The van der Waals surface area contributed by atoms with Gasteiger partial charge in [0.05, 0.1) is 0 Å². The molecule has 5 rings (SSSR count). The monoisotopic (exact) mass is 380 g/mol. The van der Waals surface area contributed by atoms with Gasteiger partial charge in [-0.3, -0.25) is 4.55 Å². The van der Waals surface area contributed by atoms with Gasteiger partial charge < -0.3 is 4.74 Å². The van der Waals surface area contributed by atoms with Crippen molar-refractivity contribution in [2.24, 2.45) is 17.8 Å². The normalized spacial score (nSPS) is 33.7. The van der Waals surface area contributed by atoms with Gasteiger partial charge in [-0.05, 0) is 56.3 Å².